The number of carbonyl (C=O) groups is 3. The van der Waals surface area contributed by atoms with Gasteiger partial charge in [0.1, 0.15) is 5.82 Å². The van der Waals surface area contributed by atoms with Crippen molar-refractivity contribution in [2.75, 3.05) is 37.6 Å². The monoisotopic (exact) mass is 477 g/mol. The number of nitrogens with zero attached hydrogens (tertiary/aromatic N) is 3. The van der Waals surface area contributed by atoms with Gasteiger partial charge in [0, 0.05) is 32.7 Å². The maximum atomic E-state index is 13.3. The molecule has 0 aliphatic carbocycles. The van der Waals surface area contributed by atoms with Crippen LogP contribution in [0.5, 0.6) is 0 Å². The molecule has 0 spiro atoms. The third kappa shape index (κ3) is 4.33. The Balaban J connectivity index is 1.26. The summed E-state index contributed by atoms with van der Waals surface area (Å²) >= 11 is 1.58. The van der Waals surface area contributed by atoms with Gasteiger partial charge in [0.25, 0.3) is 11.8 Å². The highest BCUT2D eigenvalue weighted by Crippen LogP contribution is 2.32. The average Bonchev–Trinajstić information content (AvgIpc) is 3.45. The van der Waals surface area contributed by atoms with Crippen LogP contribution in [-0.2, 0) is 17.6 Å². The van der Waals surface area contributed by atoms with Crippen LogP contribution in [0.2, 0.25) is 0 Å². The van der Waals surface area contributed by atoms with Gasteiger partial charge in [-0.1, -0.05) is 18.2 Å². The Morgan fingerprint density at radius 2 is 1.68 bits per heavy atom. The molecule has 3 amide bonds. The summed E-state index contributed by atoms with van der Waals surface area (Å²) in [5, 5.41) is 3.96. The SMILES string of the molecule is O=C(Cc1ccsc1)N1CCN(c2cccc3c2C(=O)N(CCc2ccc(F)cc2)C3=O)CC1. The molecular weight excluding hydrogens is 453 g/mol. The summed E-state index contributed by atoms with van der Waals surface area (Å²) in [6.45, 7) is 2.58. The number of thiophene rings is 1. The van der Waals surface area contributed by atoms with Gasteiger partial charge in [-0.2, -0.15) is 11.3 Å². The number of hydrogen-bond acceptors (Lipinski definition) is 5. The Hall–Kier alpha value is -3.52. The van der Waals surface area contributed by atoms with E-state index in [0.717, 1.165) is 16.8 Å². The summed E-state index contributed by atoms with van der Waals surface area (Å²) < 4.78 is 13.2. The molecule has 0 saturated carbocycles. The Kier molecular flexibility index (Phi) is 6.15. The second-order valence-electron chi connectivity index (χ2n) is 8.51. The molecule has 8 heteroatoms. The van der Waals surface area contributed by atoms with Crippen molar-refractivity contribution in [3.05, 3.63) is 87.4 Å². The lowest BCUT2D eigenvalue weighted by atomic mass is 10.1. The smallest absolute Gasteiger partial charge is 0.263 e. The van der Waals surface area contributed by atoms with Crippen molar-refractivity contribution >= 4 is 34.7 Å². The van der Waals surface area contributed by atoms with E-state index in [1.54, 1.807) is 35.6 Å². The van der Waals surface area contributed by atoms with Gasteiger partial charge in [-0.05, 0) is 58.6 Å². The molecule has 5 rings (SSSR count). The molecular formula is C26H24FN3O3S. The van der Waals surface area contributed by atoms with Crippen LogP contribution in [0.4, 0.5) is 10.1 Å². The molecule has 2 aliphatic heterocycles. The Morgan fingerprint density at radius 3 is 2.38 bits per heavy atom. The summed E-state index contributed by atoms with van der Waals surface area (Å²) in [4.78, 5) is 44.1. The van der Waals surface area contributed by atoms with Gasteiger partial charge in [-0.25, -0.2) is 4.39 Å². The second-order valence-corrected chi connectivity index (χ2v) is 9.29. The van der Waals surface area contributed by atoms with E-state index in [1.807, 2.05) is 27.8 Å². The summed E-state index contributed by atoms with van der Waals surface area (Å²) in [5.41, 5.74) is 3.48. The summed E-state index contributed by atoms with van der Waals surface area (Å²) in [5.74, 6) is -0.806. The van der Waals surface area contributed by atoms with Gasteiger partial charge >= 0.3 is 0 Å². The highest BCUT2D eigenvalue weighted by molar-refractivity contribution is 7.08. The third-order valence-electron chi connectivity index (χ3n) is 6.42. The van der Waals surface area contributed by atoms with Crippen LogP contribution >= 0.6 is 11.3 Å². The Labute approximate surface area is 201 Å². The van der Waals surface area contributed by atoms with Gasteiger partial charge < -0.3 is 9.80 Å². The number of fused-ring (bicyclic) bond motifs is 1. The second kappa shape index (κ2) is 9.38. The fraction of sp³-hybridized carbons (Fsp3) is 0.269. The number of benzene rings is 2. The van der Waals surface area contributed by atoms with Gasteiger partial charge in [-0.15, -0.1) is 0 Å². The number of rotatable bonds is 6. The van der Waals surface area contributed by atoms with Gasteiger partial charge in [-0.3, -0.25) is 19.3 Å². The number of hydrogen-bond donors (Lipinski definition) is 0. The lowest BCUT2D eigenvalue weighted by Crippen LogP contribution is -2.49. The van der Waals surface area contributed by atoms with E-state index in [0.29, 0.717) is 50.1 Å². The minimum atomic E-state index is -0.317. The molecule has 6 nitrogen and oxygen atoms in total. The number of amides is 3. The predicted octanol–water partition coefficient (Wildman–Crippen LogP) is 3.62. The topological polar surface area (TPSA) is 60.9 Å². The number of piperazine rings is 1. The molecule has 0 bridgehead atoms. The molecule has 1 saturated heterocycles. The van der Waals surface area contributed by atoms with E-state index in [1.165, 1.54) is 17.0 Å². The first-order chi connectivity index (χ1) is 16.5. The first-order valence-electron chi connectivity index (χ1n) is 11.3. The molecule has 174 valence electrons. The van der Waals surface area contributed by atoms with E-state index in [2.05, 4.69) is 4.90 Å². The molecule has 1 fully saturated rings. The first-order valence-corrected chi connectivity index (χ1v) is 12.2. The Bertz CT molecular complexity index is 1220. The van der Waals surface area contributed by atoms with E-state index < -0.39 is 0 Å². The highest BCUT2D eigenvalue weighted by atomic mass is 32.1. The summed E-state index contributed by atoms with van der Waals surface area (Å²) in [7, 11) is 0. The van der Waals surface area contributed by atoms with Crippen molar-refractivity contribution in [2.24, 2.45) is 0 Å². The minimum absolute atomic E-state index is 0.106. The molecule has 0 unspecified atom stereocenters. The molecule has 34 heavy (non-hydrogen) atoms. The predicted molar refractivity (Wildman–Crippen MR) is 129 cm³/mol. The van der Waals surface area contributed by atoms with Crippen LogP contribution in [0.1, 0.15) is 31.8 Å². The molecule has 2 aliphatic rings. The van der Waals surface area contributed by atoms with Crippen molar-refractivity contribution in [3.8, 4) is 0 Å². The largest absolute Gasteiger partial charge is 0.367 e. The molecule has 0 N–H and O–H groups in total. The molecule has 3 aromatic rings. The van der Waals surface area contributed by atoms with Crippen LogP contribution < -0.4 is 4.90 Å². The van der Waals surface area contributed by atoms with Crippen LogP contribution in [0.15, 0.2) is 59.3 Å². The van der Waals surface area contributed by atoms with Gasteiger partial charge in [0.05, 0.1) is 23.2 Å². The van der Waals surface area contributed by atoms with Crippen molar-refractivity contribution in [1.82, 2.24) is 9.80 Å². The summed E-state index contributed by atoms with van der Waals surface area (Å²) in [6.07, 6.45) is 0.867. The number of halogens is 1. The molecule has 0 atom stereocenters. The maximum Gasteiger partial charge on any atom is 0.263 e. The molecule has 1 aromatic heterocycles. The van der Waals surface area contributed by atoms with Crippen LogP contribution in [-0.4, -0.2) is 60.2 Å². The minimum Gasteiger partial charge on any atom is -0.367 e. The van der Waals surface area contributed by atoms with Crippen LogP contribution in [0, 0.1) is 5.82 Å². The maximum absolute atomic E-state index is 13.3. The van der Waals surface area contributed by atoms with Crippen molar-refractivity contribution < 1.29 is 18.8 Å². The van der Waals surface area contributed by atoms with Crippen molar-refractivity contribution in [2.45, 2.75) is 12.8 Å². The zero-order valence-corrected chi connectivity index (χ0v) is 19.4. The van der Waals surface area contributed by atoms with Gasteiger partial charge in [0.15, 0.2) is 0 Å². The normalized spacial score (nSPS) is 15.7. The fourth-order valence-electron chi connectivity index (χ4n) is 4.55. The average molecular weight is 478 g/mol. The quantitative estimate of drug-likeness (QED) is 0.509. The fourth-order valence-corrected chi connectivity index (χ4v) is 5.22. The standard InChI is InChI=1S/C26H24FN3O3S/c27-20-6-4-18(5-7-20)8-10-30-25(32)21-2-1-3-22(24(21)26(30)33)28-11-13-29(14-12-28)23(31)16-19-9-15-34-17-19/h1-7,9,15,17H,8,10-14,16H2. The van der Waals surface area contributed by atoms with Gasteiger partial charge in [0.2, 0.25) is 5.91 Å². The molecule has 3 heterocycles. The molecule has 0 radical (unpaired) electrons. The van der Waals surface area contributed by atoms with E-state index >= 15 is 0 Å². The van der Waals surface area contributed by atoms with E-state index in [9.17, 15) is 18.8 Å². The van der Waals surface area contributed by atoms with Crippen LogP contribution in [0.25, 0.3) is 0 Å². The zero-order chi connectivity index (χ0) is 23.7. The Morgan fingerprint density at radius 1 is 0.912 bits per heavy atom. The third-order valence-corrected chi connectivity index (χ3v) is 7.15. The zero-order valence-electron chi connectivity index (χ0n) is 18.6. The number of anilines is 1. The lowest BCUT2D eigenvalue weighted by Gasteiger charge is -2.36. The number of imide groups is 1. The van der Waals surface area contributed by atoms with E-state index in [-0.39, 0.29) is 30.1 Å². The van der Waals surface area contributed by atoms with E-state index in [4.69, 9.17) is 0 Å². The number of carbonyl (C=O) groups excluding carboxylic acids is 3. The summed E-state index contributed by atoms with van der Waals surface area (Å²) in [6, 6.07) is 13.4. The highest BCUT2D eigenvalue weighted by Gasteiger charge is 2.38. The van der Waals surface area contributed by atoms with Crippen LogP contribution in [0.3, 0.4) is 0 Å². The van der Waals surface area contributed by atoms with Crippen molar-refractivity contribution in [3.63, 3.8) is 0 Å². The first kappa shape index (κ1) is 22.3. The lowest BCUT2D eigenvalue weighted by molar-refractivity contribution is -0.130. The molecule has 2 aromatic carbocycles. The van der Waals surface area contributed by atoms with Crippen molar-refractivity contribution in [1.29, 1.82) is 0 Å².